The molecule has 0 aliphatic carbocycles. The molecule has 0 aromatic heterocycles. The molecule has 4 aromatic rings. The predicted octanol–water partition coefficient (Wildman–Crippen LogP) is 6.05. The van der Waals surface area contributed by atoms with Gasteiger partial charge in [-0.15, -0.1) is 12.4 Å². The molecule has 4 rings (SSSR count). The molecule has 0 fully saturated rings. The van der Waals surface area contributed by atoms with Gasteiger partial charge in [0.15, 0.2) is 0 Å². The lowest BCUT2D eigenvalue weighted by molar-refractivity contribution is 0.328. The van der Waals surface area contributed by atoms with Crippen LogP contribution in [0.4, 0.5) is 0 Å². The van der Waals surface area contributed by atoms with E-state index in [4.69, 9.17) is 5.73 Å². The first-order valence-corrected chi connectivity index (χ1v) is 7.89. The van der Waals surface area contributed by atoms with Crippen molar-refractivity contribution in [1.82, 2.24) is 0 Å². The van der Waals surface area contributed by atoms with Crippen molar-refractivity contribution in [1.29, 1.82) is 0 Å². The molecule has 2 N–H and O–H groups in total. The fraction of sp³-hybridized carbons (Fsp3) is 0.238. The first kappa shape index (κ1) is 16.0. The van der Waals surface area contributed by atoms with Crippen molar-refractivity contribution in [3.63, 3.8) is 0 Å². The quantitative estimate of drug-likeness (QED) is 0.424. The molecule has 2 heteroatoms. The van der Waals surface area contributed by atoms with Gasteiger partial charge in [0.1, 0.15) is 0 Å². The molecule has 0 radical (unpaired) electrons. The van der Waals surface area contributed by atoms with E-state index >= 15 is 0 Å². The van der Waals surface area contributed by atoms with Crippen LogP contribution in [-0.4, -0.2) is 0 Å². The van der Waals surface area contributed by atoms with E-state index in [9.17, 15) is 0 Å². The Balaban J connectivity index is 0.00000156. The maximum Gasteiger partial charge on any atom is 0.0350 e. The van der Waals surface area contributed by atoms with E-state index in [0.29, 0.717) is 0 Å². The number of rotatable bonds is 1. The van der Waals surface area contributed by atoms with E-state index in [1.807, 2.05) is 0 Å². The Kier molecular flexibility index (Phi) is 3.74. The summed E-state index contributed by atoms with van der Waals surface area (Å²) in [7, 11) is 0. The van der Waals surface area contributed by atoms with Gasteiger partial charge in [0.2, 0.25) is 0 Å². The van der Waals surface area contributed by atoms with Crippen molar-refractivity contribution in [2.45, 2.75) is 26.8 Å². The van der Waals surface area contributed by atoms with Crippen molar-refractivity contribution in [2.75, 3.05) is 0 Å². The summed E-state index contributed by atoms with van der Waals surface area (Å²) < 4.78 is 0. The van der Waals surface area contributed by atoms with Crippen LogP contribution in [0.2, 0.25) is 0 Å². The largest absolute Gasteiger partial charge is 0.323 e. The fourth-order valence-electron chi connectivity index (χ4n) is 3.50. The number of nitrogens with two attached hydrogens (primary N) is 1. The first-order chi connectivity index (χ1) is 10.5. The summed E-state index contributed by atoms with van der Waals surface area (Å²) in [5.74, 6) is 0. The SMILES string of the molecule is CC(C)(C)[C@@H](N)c1ccc2ccc3cccc4ccc1c2c34.Cl. The highest BCUT2D eigenvalue weighted by Gasteiger charge is 2.24. The minimum Gasteiger partial charge on any atom is -0.323 e. The summed E-state index contributed by atoms with van der Waals surface area (Å²) in [5.41, 5.74) is 7.86. The molecule has 0 bridgehead atoms. The van der Waals surface area contributed by atoms with Gasteiger partial charge < -0.3 is 5.73 Å². The molecule has 0 aliphatic rings. The van der Waals surface area contributed by atoms with E-state index in [0.717, 1.165) is 0 Å². The van der Waals surface area contributed by atoms with Crippen molar-refractivity contribution in [2.24, 2.45) is 11.1 Å². The Morgan fingerprint density at radius 3 is 1.87 bits per heavy atom. The van der Waals surface area contributed by atoms with Gasteiger partial charge in [-0.3, -0.25) is 0 Å². The third kappa shape index (κ3) is 2.36. The second kappa shape index (κ2) is 5.36. The lowest BCUT2D eigenvalue weighted by Gasteiger charge is -2.29. The van der Waals surface area contributed by atoms with Gasteiger partial charge in [0, 0.05) is 6.04 Å². The van der Waals surface area contributed by atoms with E-state index in [2.05, 4.69) is 75.4 Å². The molecule has 0 unspecified atom stereocenters. The Hall–Kier alpha value is -1.83. The van der Waals surface area contributed by atoms with E-state index < -0.39 is 0 Å². The molecule has 0 amide bonds. The third-order valence-electron chi connectivity index (χ3n) is 4.83. The van der Waals surface area contributed by atoms with E-state index in [1.165, 1.54) is 37.9 Å². The summed E-state index contributed by atoms with van der Waals surface area (Å²) in [6, 6.07) is 19.9. The zero-order valence-electron chi connectivity index (χ0n) is 13.8. The molecule has 0 saturated carbocycles. The summed E-state index contributed by atoms with van der Waals surface area (Å²) in [6.45, 7) is 6.61. The molecule has 0 heterocycles. The number of hydrogen-bond donors (Lipinski definition) is 1. The zero-order valence-corrected chi connectivity index (χ0v) is 14.6. The molecule has 0 spiro atoms. The van der Waals surface area contributed by atoms with Crippen LogP contribution in [0.1, 0.15) is 32.4 Å². The molecule has 0 saturated heterocycles. The highest BCUT2D eigenvalue weighted by atomic mass is 35.5. The third-order valence-corrected chi connectivity index (χ3v) is 4.83. The second-order valence-corrected chi connectivity index (χ2v) is 7.35. The minimum absolute atomic E-state index is 0. The van der Waals surface area contributed by atoms with Crippen LogP contribution in [0.25, 0.3) is 32.3 Å². The Morgan fingerprint density at radius 1 is 0.739 bits per heavy atom. The lowest BCUT2D eigenvalue weighted by atomic mass is 9.80. The maximum atomic E-state index is 6.57. The summed E-state index contributed by atoms with van der Waals surface area (Å²) in [4.78, 5) is 0. The van der Waals surface area contributed by atoms with Crippen molar-refractivity contribution in [3.05, 3.63) is 60.2 Å². The van der Waals surface area contributed by atoms with Gasteiger partial charge in [0.25, 0.3) is 0 Å². The van der Waals surface area contributed by atoms with Crippen molar-refractivity contribution < 1.29 is 0 Å². The predicted molar refractivity (Wildman–Crippen MR) is 104 cm³/mol. The molecule has 4 aromatic carbocycles. The molecular formula is C21H22ClN. The molecular weight excluding hydrogens is 302 g/mol. The van der Waals surface area contributed by atoms with Gasteiger partial charge in [0.05, 0.1) is 0 Å². The monoisotopic (exact) mass is 323 g/mol. The van der Waals surface area contributed by atoms with Crippen molar-refractivity contribution in [3.8, 4) is 0 Å². The van der Waals surface area contributed by atoms with Crippen molar-refractivity contribution >= 4 is 44.7 Å². The van der Waals surface area contributed by atoms with Crippen LogP contribution in [0.15, 0.2) is 54.6 Å². The lowest BCUT2D eigenvalue weighted by Crippen LogP contribution is -2.26. The van der Waals surface area contributed by atoms with Gasteiger partial charge >= 0.3 is 0 Å². The smallest absolute Gasteiger partial charge is 0.0350 e. The van der Waals surface area contributed by atoms with Crippen LogP contribution < -0.4 is 5.73 Å². The Bertz CT molecular complexity index is 966. The van der Waals surface area contributed by atoms with Gasteiger partial charge in [-0.1, -0.05) is 75.4 Å². The van der Waals surface area contributed by atoms with Gasteiger partial charge in [-0.2, -0.15) is 0 Å². The molecule has 1 nitrogen and oxygen atoms in total. The average Bonchev–Trinajstić information content (AvgIpc) is 2.51. The average molecular weight is 324 g/mol. The van der Waals surface area contributed by atoms with Crippen LogP contribution in [0.3, 0.4) is 0 Å². The molecule has 0 aliphatic heterocycles. The first-order valence-electron chi connectivity index (χ1n) is 7.89. The maximum absolute atomic E-state index is 6.57. The van der Waals surface area contributed by atoms with E-state index in [1.54, 1.807) is 0 Å². The highest BCUT2D eigenvalue weighted by Crippen LogP contribution is 2.40. The van der Waals surface area contributed by atoms with Crippen LogP contribution in [-0.2, 0) is 0 Å². The summed E-state index contributed by atoms with van der Waals surface area (Å²) >= 11 is 0. The van der Waals surface area contributed by atoms with Crippen LogP contribution >= 0.6 is 12.4 Å². The number of benzene rings is 4. The minimum atomic E-state index is 0. The number of halogens is 1. The van der Waals surface area contributed by atoms with Gasteiger partial charge in [-0.05, 0) is 43.3 Å². The topological polar surface area (TPSA) is 26.0 Å². The van der Waals surface area contributed by atoms with Gasteiger partial charge in [-0.25, -0.2) is 0 Å². The Morgan fingerprint density at radius 2 is 1.26 bits per heavy atom. The number of hydrogen-bond acceptors (Lipinski definition) is 1. The van der Waals surface area contributed by atoms with Crippen LogP contribution in [0, 0.1) is 5.41 Å². The molecule has 1 atom stereocenters. The fourth-order valence-corrected chi connectivity index (χ4v) is 3.50. The second-order valence-electron chi connectivity index (χ2n) is 7.35. The standard InChI is InChI=1S/C21H21N.ClH/c1-21(2,3)20(22)17-12-10-15-8-7-13-5-4-6-14-9-11-16(17)19(15)18(13)14;/h4-12,20H,22H2,1-3H3;1H/t20-;/m0./s1. The molecule has 23 heavy (non-hydrogen) atoms. The normalized spacial score (nSPS) is 13.6. The highest BCUT2D eigenvalue weighted by molar-refractivity contribution is 6.23. The van der Waals surface area contributed by atoms with E-state index in [-0.39, 0.29) is 23.9 Å². The molecule has 118 valence electrons. The Labute approximate surface area is 143 Å². The summed E-state index contributed by atoms with van der Waals surface area (Å²) in [5, 5.41) is 7.91. The van der Waals surface area contributed by atoms with Crippen LogP contribution in [0.5, 0.6) is 0 Å². The summed E-state index contributed by atoms with van der Waals surface area (Å²) in [6.07, 6.45) is 0. The zero-order chi connectivity index (χ0) is 15.5.